The first kappa shape index (κ1) is 28.3. The minimum atomic E-state index is -4.20. The Balaban J connectivity index is 2.10. The van der Waals surface area contributed by atoms with Crippen LogP contribution >= 0.6 is 0 Å². The van der Waals surface area contributed by atoms with E-state index in [9.17, 15) is 18.0 Å². The Morgan fingerprint density at radius 2 is 1.92 bits per heavy atom. The Hall–Kier alpha value is -3.28. The zero-order valence-electron chi connectivity index (χ0n) is 22.4. The minimum Gasteiger partial charge on any atom is -0.484 e. The van der Waals surface area contributed by atoms with Crippen LogP contribution in [0.2, 0.25) is 0 Å². The van der Waals surface area contributed by atoms with Gasteiger partial charge in [-0.25, -0.2) is 8.42 Å². The number of benzene rings is 1. The Morgan fingerprint density at radius 1 is 1.22 bits per heavy atom. The first-order valence-corrected chi connectivity index (χ1v) is 13.7. The smallest absolute Gasteiger partial charge is 0.310 e. The number of esters is 1. The molecule has 0 saturated carbocycles. The number of anilines is 1. The molecule has 1 aromatic heterocycles. The van der Waals surface area contributed by atoms with Crippen molar-refractivity contribution in [2.75, 3.05) is 17.5 Å². The lowest BCUT2D eigenvalue weighted by Crippen LogP contribution is -2.54. The van der Waals surface area contributed by atoms with Crippen LogP contribution < -0.4 is 19.1 Å². The second kappa shape index (κ2) is 11.0. The van der Waals surface area contributed by atoms with Crippen LogP contribution in [0.1, 0.15) is 54.0 Å². The van der Waals surface area contributed by atoms with Crippen LogP contribution in [0.15, 0.2) is 29.3 Å². The summed E-state index contributed by atoms with van der Waals surface area (Å²) in [6.45, 7) is 12.8. The van der Waals surface area contributed by atoms with Gasteiger partial charge in [-0.15, -0.1) is 5.10 Å². The van der Waals surface area contributed by atoms with Crippen LogP contribution in [-0.4, -0.2) is 61.0 Å². The summed E-state index contributed by atoms with van der Waals surface area (Å²) < 4.78 is 48.2. The topological polar surface area (TPSA) is 129 Å². The molecule has 204 valence electrons. The van der Waals surface area contributed by atoms with E-state index in [0.717, 1.165) is 0 Å². The molecule has 1 aliphatic rings. The molecule has 11 nitrogen and oxygen atoms in total. The van der Waals surface area contributed by atoms with Gasteiger partial charge in [-0.1, -0.05) is 6.07 Å². The highest BCUT2D eigenvalue weighted by Gasteiger charge is 2.42. The quantitative estimate of drug-likeness (QED) is 0.485. The summed E-state index contributed by atoms with van der Waals surface area (Å²) in [5.74, 6) is -0.372. The largest absolute Gasteiger partial charge is 0.484 e. The molecule has 0 bridgehead atoms. The number of aromatic nitrogens is 2. The first-order valence-electron chi connectivity index (χ1n) is 12.3. The van der Waals surface area contributed by atoms with Crippen molar-refractivity contribution in [3.8, 4) is 11.6 Å². The normalized spacial score (nSPS) is 17.5. The molecule has 2 heterocycles. The predicted molar refractivity (Wildman–Crippen MR) is 137 cm³/mol. The third-order valence-corrected chi connectivity index (χ3v) is 7.49. The molecule has 37 heavy (non-hydrogen) atoms. The molecule has 2 aromatic rings. The summed E-state index contributed by atoms with van der Waals surface area (Å²) in [6.07, 6.45) is 0.731. The highest BCUT2D eigenvalue weighted by Crippen LogP contribution is 2.42. The molecule has 3 rings (SSSR count). The van der Waals surface area contributed by atoms with Crippen molar-refractivity contribution < 1.29 is 32.2 Å². The molecule has 1 amide bonds. The minimum absolute atomic E-state index is 0.00733. The van der Waals surface area contributed by atoms with Crippen molar-refractivity contribution in [1.82, 2.24) is 15.1 Å². The number of fused-ring (bicyclic) bond motifs is 1. The molecule has 1 aromatic carbocycles. The molecule has 0 fully saturated rings. The SMILES string of the molecule is CCOc1nn(CC)cc1S(=O)(=O)N1c2cc(CC(=O)OC(C)(C)C)ccc2O[C@@H](CNC(C)=O)[C@H]1C. The van der Waals surface area contributed by atoms with Gasteiger partial charge in [0.25, 0.3) is 15.9 Å². The highest BCUT2D eigenvalue weighted by molar-refractivity contribution is 7.93. The number of ether oxygens (including phenoxy) is 3. The van der Waals surface area contributed by atoms with Crippen LogP contribution in [0.3, 0.4) is 0 Å². The number of carbonyl (C=O) groups excluding carboxylic acids is 2. The van der Waals surface area contributed by atoms with Gasteiger partial charge in [0.2, 0.25) is 5.91 Å². The summed E-state index contributed by atoms with van der Waals surface area (Å²) in [5, 5.41) is 6.97. The molecule has 0 unspecified atom stereocenters. The predicted octanol–water partition coefficient (Wildman–Crippen LogP) is 2.67. The number of sulfonamides is 1. The van der Waals surface area contributed by atoms with Crippen LogP contribution in [0.4, 0.5) is 5.69 Å². The molecule has 2 atom stereocenters. The average molecular weight is 537 g/mol. The van der Waals surface area contributed by atoms with Crippen molar-refractivity contribution in [1.29, 1.82) is 0 Å². The lowest BCUT2D eigenvalue weighted by molar-refractivity contribution is -0.153. The van der Waals surface area contributed by atoms with E-state index in [1.807, 2.05) is 6.92 Å². The second-order valence-corrected chi connectivity index (χ2v) is 11.6. The second-order valence-electron chi connectivity index (χ2n) is 9.79. The fourth-order valence-electron chi connectivity index (χ4n) is 3.99. The molecule has 0 spiro atoms. The standard InChI is InChI=1S/C25H36N4O7S/c1-8-28-15-22(24(27-28)34-9-2)37(32,33)29-16(3)21(14-26-17(4)30)35-20-11-10-18(12-19(20)29)13-23(31)36-25(5,6)7/h10-12,15-16,21H,8-9,13-14H2,1-7H3,(H,26,30)/t16-,21+/m1/s1. The van der Waals surface area contributed by atoms with Gasteiger partial charge in [0.05, 0.1) is 31.3 Å². The molecule has 12 heteroatoms. The van der Waals surface area contributed by atoms with Gasteiger partial charge in [-0.2, -0.15) is 0 Å². The number of aryl methyl sites for hydroxylation is 1. The number of nitrogens with zero attached hydrogens (tertiary/aromatic N) is 3. The number of nitrogens with one attached hydrogen (secondary N) is 1. The highest BCUT2D eigenvalue weighted by atomic mass is 32.2. The summed E-state index contributed by atoms with van der Waals surface area (Å²) in [6, 6.07) is 4.23. The van der Waals surface area contributed by atoms with E-state index in [-0.39, 0.29) is 41.9 Å². The maximum atomic E-state index is 14.1. The van der Waals surface area contributed by atoms with Crippen molar-refractivity contribution >= 4 is 27.6 Å². The van der Waals surface area contributed by atoms with E-state index < -0.39 is 33.7 Å². The van der Waals surface area contributed by atoms with Crippen molar-refractivity contribution in [2.24, 2.45) is 0 Å². The van der Waals surface area contributed by atoms with Gasteiger partial charge in [0, 0.05) is 19.7 Å². The lowest BCUT2D eigenvalue weighted by atomic mass is 10.1. The zero-order valence-corrected chi connectivity index (χ0v) is 23.2. The molecular weight excluding hydrogens is 500 g/mol. The van der Waals surface area contributed by atoms with Crippen molar-refractivity contribution in [2.45, 2.75) is 84.1 Å². The van der Waals surface area contributed by atoms with E-state index >= 15 is 0 Å². The van der Waals surface area contributed by atoms with Crippen molar-refractivity contribution in [3.63, 3.8) is 0 Å². The van der Waals surface area contributed by atoms with Gasteiger partial charge in [0.15, 0.2) is 4.90 Å². The van der Waals surface area contributed by atoms with Crippen LogP contribution in [-0.2, 0) is 37.3 Å². The molecule has 0 saturated heterocycles. The van der Waals surface area contributed by atoms with Gasteiger partial charge >= 0.3 is 5.97 Å². The van der Waals surface area contributed by atoms with E-state index in [0.29, 0.717) is 17.9 Å². The van der Waals surface area contributed by atoms with Gasteiger partial charge in [-0.05, 0) is 59.2 Å². The van der Waals surface area contributed by atoms with E-state index in [2.05, 4.69) is 10.4 Å². The molecule has 1 aliphatic heterocycles. The number of rotatable bonds is 9. The molecule has 0 aliphatic carbocycles. The third kappa shape index (κ3) is 6.54. The third-order valence-electron chi connectivity index (χ3n) is 5.61. The maximum absolute atomic E-state index is 14.1. The Morgan fingerprint density at radius 3 is 2.51 bits per heavy atom. The van der Waals surface area contributed by atoms with Gasteiger partial charge in [0.1, 0.15) is 17.5 Å². The lowest BCUT2D eigenvalue weighted by Gasteiger charge is -2.41. The van der Waals surface area contributed by atoms with Crippen LogP contribution in [0.5, 0.6) is 11.6 Å². The fourth-order valence-corrected chi connectivity index (χ4v) is 5.76. The monoisotopic (exact) mass is 536 g/mol. The Labute approximate surface area is 218 Å². The van der Waals surface area contributed by atoms with Gasteiger partial charge < -0.3 is 19.5 Å². The van der Waals surface area contributed by atoms with Crippen LogP contribution in [0, 0.1) is 0 Å². The molecule has 1 N–H and O–H groups in total. The average Bonchev–Trinajstić information content (AvgIpc) is 3.20. The zero-order chi connectivity index (χ0) is 27.5. The van der Waals surface area contributed by atoms with Crippen molar-refractivity contribution in [3.05, 3.63) is 30.0 Å². The number of hydrogen-bond acceptors (Lipinski definition) is 8. The van der Waals surface area contributed by atoms with E-state index in [1.54, 1.807) is 52.8 Å². The Kier molecular flexibility index (Phi) is 8.41. The summed E-state index contributed by atoms with van der Waals surface area (Å²) in [4.78, 5) is 24.0. The molecular formula is C25H36N4O7S. The van der Waals surface area contributed by atoms with E-state index in [1.165, 1.54) is 22.1 Å². The number of carbonyl (C=O) groups is 2. The summed E-state index contributed by atoms with van der Waals surface area (Å²) in [7, 11) is -4.20. The fraction of sp³-hybridized carbons (Fsp3) is 0.560. The van der Waals surface area contributed by atoms with Gasteiger partial charge in [-0.3, -0.25) is 18.6 Å². The van der Waals surface area contributed by atoms with E-state index in [4.69, 9.17) is 14.2 Å². The number of amides is 1. The maximum Gasteiger partial charge on any atom is 0.310 e. The number of hydrogen-bond donors (Lipinski definition) is 1. The molecule has 0 radical (unpaired) electrons. The first-order chi connectivity index (χ1) is 17.3. The van der Waals surface area contributed by atoms with Crippen LogP contribution in [0.25, 0.3) is 0 Å². The Bertz CT molecular complexity index is 1250. The summed E-state index contributed by atoms with van der Waals surface area (Å²) in [5.41, 5.74) is 0.197. The summed E-state index contributed by atoms with van der Waals surface area (Å²) >= 11 is 0.